The molecular formula is C23H20Cl2N2O6S. The van der Waals surface area contributed by atoms with Gasteiger partial charge >= 0.3 is 5.97 Å². The highest BCUT2D eigenvalue weighted by atomic mass is 35.5. The predicted octanol–water partition coefficient (Wildman–Crippen LogP) is 4.88. The molecule has 3 aromatic carbocycles. The fraction of sp³-hybridized carbons (Fsp3) is 0.130. The molecule has 0 aromatic heterocycles. The molecule has 0 aliphatic rings. The van der Waals surface area contributed by atoms with Crippen LogP contribution in [0.2, 0.25) is 10.0 Å². The first-order valence-electron chi connectivity index (χ1n) is 9.92. The molecule has 0 aliphatic carbocycles. The number of anilines is 1. The number of carbonyl (C=O) groups is 2. The van der Waals surface area contributed by atoms with Crippen LogP contribution in [0.4, 0.5) is 5.69 Å². The average Bonchev–Trinajstić information content (AvgIpc) is 2.79. The summed E-state index contributed by atoms with van der Waals surface area (Å²) < 4.78 is 38.8. The van der Waals surface area contributed by atoms with Crippen molar-refractivity contribution < 1.29 is 27.5 Å². The van der Waals surface area contributed by atoms with Gasteiger partial charge in [0.15, 0.2) is 5.75 Å². The van der Waals surface area contributed by atoms with Crippen LogP contribution in [0.15, 0.2) is 71.6 Å². The van der Waals surface area contributed by atoms with E-state index >= 15 is 0 Å². The molecule has 0 bridgehead atoms. The summed E-state index contributed by atoms with van der Waals surface area (Å²) >= 11 is 12.1. The number of amides is 1. The Kier molecular flexibility index (Phi) is 8.38. The van der Waals surface area contributed by atoms with Gasteiger partial charge in [0, 0.05) is 17.5 Å². The van der Waals surface area contributed by atoms with Crippen LogP contribution in [0, 0.1) is 0 Å². The Hall–Kier alpha value is -3.27. The summed E-state index contributed by atoms with van der Waals surface area (Å²) in [5.41, 5.74) is 0.448. The minimum atomic E-state index is -3.99. The lowest BCUT2D eigenvalue weighted by Gasteiger charge is -2.14. The Bertz CT molecular complexity index is 1300. The Labute approximate surface area is 206 Å². The number of sulfonamides is 1. The molecule has 0 radical (unpaired) electrons. The van der Waals surface area contributed by atoms with E-state index in [1.165, 1.54) is 37.3 Å². The van der Waals surface area contributed by atoms with E-state index in [1.807, 2.05) is 0 Å². The van der Waals surface area contributed by atoms with Gasteiger partial charge in [0.1, 0.15) is 12.4 Å². The minimum Gasteiger partial charge on any atom is -0.464 e. The summed E-state index contributed by atoms with van der Waals surface area (Å²) in [6.45, 7) is 1.45. The zero-order chi connectivity index (χ0) is 24.7. The first-order valence-corrected chi connectivity index (χ1v) is 12.2. The maximum absolute atomic E-state index is 12.9. The third-order valence-electron chi connectivity index (χ3n) is 4.36. The van der Waals surface area contributed by atoms with E-state index in [4.69, 9.17) is 32.7 Å². The summed E-state index contributed by atoms with van der Waals surface area (Å²) in [7, 11) is -3.99. The lowest BCUT2D eigenvalue weighted by molar-refractivity contribution is -0.140. The molecule has 178 valence electrons. The van der Waals surface area contributed by atoms with Crippen LogP contribution >= 0.6 is 23.2 Å². The molecular weight excluding hydrogens is 503 g/mol. The predicted molar refractivity (Wildman–Crippen MR) is 129 cm³/mol. The van der Waals surface area contributed by atoms with Gasteiger partial charge in [-0.25, -0.2) is 8.42 Å². The monoisotopic (exact) mass is 522 g/mol. The van der Waals surface area contributed by atoms with Crippen LogP contribution in [-0.4, -0.2) is 33.4 Å². The highest BCUT2D eigenvalue weighted by Gasteiger charge is 2.18. The lowest BCUT2D eigenvalue weighted by Crippen LogP contribution is -2.27. The number of para-hydroxylation sites is 2. The van der Waals surface area contributed by atoms with E-state index in [2.05, 4.69) is 10.0 Å². The SMILES string of the molecule is CC(=O)OCCNC(=O)c1ccc(S(=O)(=O)Nc2ccccc2Oc2ccc(Cl)cc2Cl)cc1. The number of carbonyl (C=O) groups excluding carboxylic acids is 2. The number of rotatable bonds is 9. The van der Waals surface area contributed by atoms with E-state index in [1.54, 1.807) is 36.4 Å². The van der Waals surface area contributed by atoms with Crippen molar-refractivity contribution >= 4 is 50.8 Å². The van der Waals surface area contributed by atoms with E-state index in [-0.39, 0.29) is 40.1 Å². The molecule has 3 rings (SSSR count). The van der Waals surface area contributed by atoms with Crippen molar-refractivity contribution in [3.63, 3.8) is 0 Å². The van der Waals surface area contributed by atoms with Crippen molar-refractivity contribution in [3.05, 3.63) is 82.3 Å². The van der Waals surface area contributed by atoms with E-state index in [0.717, 1.165) is 0 Å². The molecule has 2 N–H and O–H groups in total. The molecule has 3 aromatic rings. The van der Waals surface area contributed by atoms with Gasteiger partial charge < -0.3 is 14.8 Å². The minimum absolute atomic E-state index is 0.0418. The Morgan fingerprint density at radius 1 is 0.941 bits per heavy atom. The normalized spacial score (nSPS) is 10.9. The summed E-state index contributed by atoms with van der Waals surface area (Å²) in [6, 6.07) is 16.5. The second-order valence-electron chi connectivity index (χ2n) is 6.90. The highest BCUT2D eigenvalue weighted by Crippen LogP contribution is 2.35. The van der Waals surface area contributed by atoms with Crippen LogP contribution in [0.25, 0.3) is 0 Å². The zero-order valence-corrected chi connectivity index (χ0v) is 20.2. The van der Waals surface area contributed by atoms with Gasteiger partial charge in [-0.3, -0.25) is 14.3 Å². The number of hydrogen-bond donors (Lipinski definition) is 2. The van der Waals surface area contributed by atoms with Crippen LogP contribution in [0.3, 0.4) is 0 Å². The third kappa shape index (κ3) is 6.86. The lowest BCUT2D eigenvalue weighted by atomic mass is 10.2. The molecule has 0 atom stereocenters. The molecule has 0 aliphatic heterocycles. The van der Waals surface area contributed by atoms with E-state index in [9.17, 15) is 18.0 Å². The molecule has 0 saturated heterocycles. The smallest absolute Gasteiger partial charge is 0.302 e. The van der Waals surface area contributed by atoms with Crippen molar-refractivity contribution in [2.45, 2.75) is 11.8 Å². The second kappa shape index (κ2) is 11.2. The Balaban J connectivity index is 1.71. The fourth-order valence-electron chi connectivity index (χ4n) is 2.77. The number of halogens is 2. The van der Waals surface area contributed by atoms with Crippen molar-refractivity contribution in [3.8, 4) is 11.5 Å². The summed E-state index contributed by atoms with van der Waals surface area (Å²) in [6.07, 6.45) is 0. The molecule has 0 unspecified atom stereocenters. The molecule has 11 heteroatoms. The zero-order valence-electron chi connectivity index (χ0n) is 17.9. The van der Waals surface area contributed by atoms with Gasteiger partial charge in [0.2, 0.25) is 0 Å². The van der Waals surface area contributed by atoms with Gasteiger partial charge in [-0.1, -0.05) is 35.3 Å². The molecule has 0 spiro atoms. The van der Waals surface area contributed by atoms with Crippen molar-refractivity contribution in [2.24, 2.45) is 0 Å². The van der Waals surface area contributed by atoms with E-state index < -0.39 is 21.9 Å². The third-order valence-corrected chi connectivity index (χ3v) is 6.28. The first-order chi connectivity index (χ1) is 16.2. The van der Waals surface area contributed by atoms with Crippen LogP contribution in [0.1, 0.15) is 17.3 Å². The fourth-order valence-corrected chi connectivity index (χ4v) is 4.28. The van der Waals surface area contributed by atoms with Crippen molar-refractivity contribution in [2.75, 3.05) is 17.9 Å². The van der Waals surface area contributed by atoms with Crippen LogP contribution < -0.4 is 14.8 Å². The highest BCUT2D eigenvalue weighted by molar-refractivity contribution is 7.92. The first kappa shape index (κ1) is 25.4. The quantitative estimate of drug-likeness (QED) is 0.306. The maximum Gasteiger partial charge on any atom is 0.302 e. The van der Waals surface area contributed by atoms with Crippen molar-refractivity contribution in [1.82, 2.24) is 5.32 Å². The summed E-state index contributed by atoms with van der Waals surface area (Å²) in [5.74, 6) is -0.331. The molecule has 1 amide bonds. The van der Waals surface area contributed by atoms with Gasteiger partial charge in [-0.15, -0.1) is 0 Å². The topological polar surface area (TPSA) is 111 Å². The van der Waals surface area contributed by atoms with Gasteiger partial charge in [-0.05, 0) is 54.6 Å². The molecule has 0 heterocycles. The molecule has 0 fully saturated rings. The largest absolute Gasteiger partial charge is 0.464 e. The van der Waals surface area contributed by atoms with Crippen LogP contribution in [-0.2, 0) is 19.6 Å². The molecule has 0 saturated carbocycles. The number of esters is 1. The number of benzene rings is 3. The average molecular weight is 523 g/mol. The van der Waals surface area contributed by atoms with Crippen molar-refractivity contribution in [1.29, 1.82) is 0 Å². The number of ether oxygens (including phenoxy) is 2. The summed E-state index contributed by atoms with van der Waals surface area (Å²) in [4.78, 5) is 22.8. The molecule has 34 heavy (non-hydrogen) atoms. The van der Waals surface area contributed by atoms with Crippen LogP contribution in [0.5, 0.6) is 11.5 Å². The number of nitrogens with one attached hydrogen (secondary N) is 2. The maximum atomic E-state index is 12.9. The second-order valence-corrected chi connectivity index (χ2v) is 9.42. The Morgan fingerprint density at radius 3 is 2.32 bits per heavy atom. The number of hydrogen-bond acceptors (Lipinski definition) is 6. The van der Waals surface area contributed by atoms with Gasteiger partial charge in [-0.2, -0.15) is 0 Å². The van der Waals surface area contributed by atoms with Gasteiger partial charge in [0.05, 0.1) is 22.2 Å². The van der Waals surface area contributed by atoms with E-state index in [0.29, 0.717) is 10.8 Å². The standard InChI is InChI=1S/C23H20Cl2N2O6S/c1-15(28)32-13-12-26-23(29)16-6-9-18(10-7-16)34(30,31)27-20-4-2-3-5-22(20)33-21-11-8-17(24)14-19(21)25/h2-11,14,27H,12-13H2,1H3,(H,26,29). The Morgan fingerprint density at radius 2 is 1.65 bits per heavy atom. The van der Waals surface area contributed by atoms with Gasteiger partial charge in [0.25, 0.3) is 15.9 Å². The molecule has 8 nitrogen and oxygen atoms in total. The summed E-state index contributed by atoms with van der Waals surface area (Å²) in [5, 5.41) is 3.28.